The highest BCUT2D eigenvalue weighted by Gasteiger charge is 2.23. The molecule has 1 aliphatic rings. The molecule has 0 amide bonds. The summed E-state index contributed by atoms with van der Waals surface area (Å²) in [7, 11) is -3.31. The van der Waals surface area contributed by atoms with E-state index in [1.54, 1.807) is 24.3 Å². The summed E-state index contributed by atoms with van der Waals surface area (Å²) in [5.41, 5.74) is 1.46. The lowest BCUT2D eigenvalue weighted by Gasteiger charge is -2.26. The Morgan fingerprint density at radius 1 is 1.20 bits per heavy atom. The highest BCUT2D eigenvalue weighted by molar-refractivity contribution is 7.88. The molecule has 5 heteroatoms. The predicted molar refractivity (Wildman–Crippen MR) is 79.5 cm³/mol. The number of hydrogen-bond donors (Lipinski definition) is 2. The molecule has 0 saturated heterocycles. The van der Waals surface area contributed by atoms with E-state index in [0.717, 1.165) is 31.2 Å². The first-order valence-electron chi connectivity index (χ1n) is 7.17. The minimum Gasteiger partial charge on any atom is -0.392 e. The van der Waals surface area contributed by atoms with Gasteiger partial charge in [0, 0.05) is 6.04 Å². The van der Waals surface area contributed by atoms with Crippen molar-refractivity contribution in [3.63, 3.8) is 0 Å². The summed E-state index contributed by atoms with van der Waals surface area (Å²) in [6, 6.07) is 7.16. The molecule has 2 N–H and O–H groups in total. The zero-order valence-corrected chi connectivity index (χ0v) is 12.7. The summed E-state index contributed by atoms with van der Waals surface area (Å²) >= 11 is 0. The van der Waals surface area contributed by atoms with Crippen LogP contribution in [0.25, 0.3) is 0 Å². The molecule has 0 heterocycles. The minimum atomic E-state index is -3.31. The van der Waals surface area contributed by atoms with Crippen molar-refractivity contribution in [3.8, 4) is 0 Å². The van der Waals surface area contributed by atoms with Crippen LogP contribution < -0.4 is 4.72 Å². The molecule has 1 aliphatic carbocycles. The second-order valence-corrected chi connectivity index (χ2v) is 7.57. The fraction of sp³-hybridized carbons (Fsp3) is 0.600. The monoisotopic (exact) mass is 297 g/mol. The van der Waals surface area contributed by atoms with Gasteiger partial charge in [0.05, 0.1) is 12.4 Å². The average Bonchev–Trinajstić information content (AvgIpc) is 2.41. The Labute approximate surface area is 121 Å². The van der Waals surface area contributed by atoms with Gasteiger partial charge in [0.15, 0.2) is 0 Å². The van der Waals surface area contributed by atoms with Gasteiger partial charge in [-0.05, 0) is 42.7 Å². The third-order valence-electron chi connectivity index (χ3n) is 3.89. The first kappa shape index (κ1) is 15.5. The SMILES string of the molecule is CC1CCC(NS(=O)(=O)Cc2cccc(CO)c2)CC1. The molecular weight excluding hydrogens is 274 g/mol. The molecule has 20 heavy (non-hydrogen) atoms. The summed E-state index contributed by atoms with van der Waals surface area (Å²) in [6.45, 7) is 2.15. The molecule has 0 spiro atoms. The van der Waals surface area contributed by atoms with Gasteiger partial charge in [-0.1, -0.05) is 31.2 Å². The van der Waals surface area contributed by atoms with Crippen molar-refractivity contribution in [1.82, 2.24) is 4.72 Å². The zero-order valence-electron chi connectivity index (χ0n) is 11.9. The Bertz CT molecular complexity index is 534. The zero-order chi connectivity index (χ0) is 14.6. The minimum absolute atomic E-state index is 0.0209. The van der Waals surface area contributed by atoms with Gasteiger partial charge in [0.25, 0.3) is 0 Å². The van der Waals surface area contributed by atoms with Crippen LogP contribution in [0, 0.1) is 5.92 Å². The lowest BCUT2D eigenvalue weighted by atomic mass is 9.88. The quantitative estimate of drug-likeness (QED) is 0.875. The van der Waals surface area contributed by atoms with Gasteiger partial charge in [-0.15, -0.1) is 0 Å². The first-order chi connectivity index (χ1) is 9.48. The summed E-state index contributed by atoms with van der Waals surface area (Å²) in [6.07, 6.45) is 4.04. The molecule has 0 aliphatic heterocycles. The Balaban J connectivity index is 1.96. The van der Waals surface area contributed by atoms with E-state index in [1.807, 2.05) is 0 Å². The van der Waals surface area contributed by atoms with Crippen LogP contribution in [0.15, 0.2) is 24.3 Å². The molecular formula is C15H23NO3S. The molecule has 1 fully saturated rings. The maximum atomic E-state index is 12.2. The number of benzene rings is 1. The van der Waals surface area contributed by atoms with Crippen molar-refractivity contribution in [1.29, 1.82) is 0 Å². The second-order valence-electron chi connectivity index (χ2n) is 5.81. The number of rotatable bonds is 5. The van der Waals surface area contributed by atoms with E-state index >= 15 is 0 Å². The average molecular weight is 297 g/mol. The van der Waals surface area contributed by atoms with E-state index in [9.17, 15) is 8.42 Å². The van der Waals surface area contributed by atoms with E-state index < -0.39 is 10.0 Å². The molecule has 2 rings (SSSR count). The van der Waals surface area contributed by atoms with Gasteiger partial charge in [-0.25, -0.2) is 13.1 Å². The molecule has 1 aromatic rings. The molecule has 0 atom stereocenters. The predicted octanol–water partition coefficient (Wildman–Crippen LogP) is 2.18. The fourth-order valence-electron chi connectivity index (χ4n) is 2.71. The standard InChI is InChI=1S/C15H23NO3S/c1-12-5-7-15(8-6-12)16-20(18,19)11-14-4-2-3-13(9-14)10-17/h2-4,9,12,15-17H,5-8,10-11H2,1H3. The van der Waals surface area contributed by atoms with Crippen molar-refractivity contribution < 1.29 is 13.5 Å². The Morgan fingerprint density at radius 2 is 1.85 bits per heavy atom. The number of aliphatic hydroxyl groups excluding tert-OH is 1. The smallest absolute Gasteiger partial charge is 0.216 e. The van der Waals surface area contributed by atoms with Gasteiger partial charge < -0.3 is 5.11 Å². The van der Waals surface area contributed by atoms with Crippen LogP contribution in [-0.4, -0.2) is 19.6 Å². The van der Waals surface area contributed by atoms with Crippen molar-refractivity contribution in [2.45, 2.75) is 51.0 Å². The van der Waals surface area contributed by atoms with Crippen LogP contribution in [0.3, 0.4) is 0 Å². The van der Waals surface area contributed by atoms with Crippen LogP contribution in [-0.2, 0) is 22.4 Å². The normalized spacial score (nSPS) is 23.7. The highest BCUT2D eigenvalue weighted by atomic mass is 32.2. The molecule has 0 unspecified atom stereocenters. The number of nitrogens with one attached hydrogen (secondary N) is 1. The van der Waals surface area contributed by atoms with Gasteiger partial charge in [0.1, 0.15) is 0 Å². The van der Waals surface area contributed by atoms with E-state index in [2.05, 4.69) is 11.6 Å². The molecule has 1 aromatic carbocycles. The lowest BCUT2D eigenvalue weighted by molar-refractivity contribution is 0.281. The third-order valence-corrected chi connectivity index (χ3v) is 5.30. The lowest BCUT2D eigenvalue weighted by Crippen LogP contribution is -2.37. The highest BCUT2D eigenvalue weighted by Crippen LogP contribution is 2.24. The second kappa shape index (κ2) is 6.70. The van der Waals surface area contributed by atoms with Gasteiger partial charge in [-0.3, -0.25) is 0 Å². The summed E-state index contributed by atoms with van der Waals surface area (Å²) in [4.78, 5) is 0. The Morgan fingerprint density at radius 3 is 2.50 bits per heavy atom. The summed E-state index contributed by atoms with van der Waals surface area (Å²) in [5.74, 6) is 0.685. The maximum Gasteiger partial charge on any atom is 0.216 e. The van der Waals surface area contributed by atoms with Crippen LogP contribution >= 0.6 is 0 Å². The van der Waals surface area contributed by atoms with Crippen LogP contribution in [0.4, 0.5) is 0 Å². The number of aliphatic hydroxyl groups is 1. The third kappa shape index (κ3) is 4.58. The van der Waals surface area contributed by atoms with E-state index in [4.69, 9.17) is 5.11 Å². The molecule has 0 bridgehead atoms. The van der Waals surface area contributed by atoms with Gasteiger partial charge in [0.2, 0.25) is 10.0 Å². The number of hydrogen-bond acceptors (Lipinski definition) is 3. The largest absolute Gasteiger partial charge is 0.392 e. The molecule has 4 nitrogen and oxygen atoms in total. The van der Waals surface area contributed by atoms with E-state index in [1.165, 1.54) is 0 Å². The maximum absolute atomic E-state index is 12.2. The van der Waals surface area contributed by atoms with Gasteiger partial charge in [-0.2, -0.15) is 0 Å². The Hall–Kier alpha value is -0.910. The molecule has 112 valence electrons. The Kier molecular flexibility index (Phi) is 5.18. The van der Waals surface area contributed by atoms with E-state index in [-0.39, 0.29) is 18.4 Å². The molecule has 0 aromatic heterocycles. The van der Waals surface area contributed by atoms with Crippen LogP contribution in [0.2, 0.25) is 0 Å². The molecule has 0 radical (unpaired) electrons. The first-order valence-corrected chi connectivity index (χ1v) is 8.82. The molecule has 1 saturated carbocycles. The van der Waals surface area contributed by atoms with Crippen LogP contribution in [0.5, 0.6) is 0 Å². The topological polar surface area (TPSA) is 66.4 Å². The van der Waals surface area contributed by atoms with Crippen molar-refractivity contribution in [2.75, 3.05) is 0 Å². The van der Waals surface area contributed by atoms with Crippen molar-refractivity contribution >= 4 is 10.0 Å². The van der Waals surface area contributed by atoms with Gasteiger partial charge >= 0.3 is 0 Å². The number of sulfonamides is 1. The summed E-state index contributed by atoms with van der Waals surface area (Å²) in [5, 5.41) is 9.08. The van der Waals surface area contributed by atoms with E-state index in [0.29, 0.717) is 11.5 Å². The van der Waals surface area contributed by atoms with Crippen molar-refractivity contribution in [3.05, 3.63) is 35.4 Å². The fourth-order valence-corrected chi connectivity index (χ4v) is 4.16. The van der Waals surface area contributed by atoms with Crippen LogP contribution in [0.1, 0.15) is 43.7 Å². The summed E-state index contributed by atoms with van der Waals surface area (Å²) < 4.78 is 27.2. The van der Waals surface area contributed by atoms with Crippen molar-refractivity contribution in [2.24, 2.45) is 5.92 Å².